The minimum Gasteiger partial charge on any atom is -0.497 e. The fourth-order valence-corrected chi connectivity index (χ4v) is 5.44. The zero-order valence-electron chi connectivity index (χ0n) is 19.3. The summed E-state index contributed by atoms with van der Waals surface area (Å²) in [5.74, 6) is -0.178. The molecule has 1 aromatic rings. The van der Waals surface area contributed by atoms with Gasteiger partial charge < -0.3 is 20.1 Å². The van der Waals surface area contributed by atoms with E-state index < -0.39 is 16.1 Å². The molecule has 2 amide bonds. The lowest BCUT2D eigenvalue weighted by atomic mass is 9.97. The summed E-state index contributed by atoms with van der Waals surface area (Å²) in [4.78, 5) is 27.4. The van der Waals surface area contributed by atoms with Crippen molar-refractivity contribution in [1.29, 1.82) is 0 Å². The molecule has 3 rings (SSSR count). The number of hydrogen-bond donors (Lipinski definition) is 2. The number of morpholine rings is 1. The Morgan fingerprint density at radius 1 is 1.12 bits per heavy atom. The number of nitrogens with one attached hydrogen (secondary N) is 2. The van der Waals surface area contributed by atoms with Crippen molar-refractivity contribution < 1.29 is 27.5 Å². The molecule has 10 nitrogen and oxygen atoms in total. The Morgan fingerprint density at radius 2 is 1.76 bits per heavy atom. The molecule has 11 heteroatoms. The van der Waals surface area contributed by atoms with Crippen LogP contribution < -0.4 is 15.4 Å². The van der Waals surface area contributed by atoms with E-state index in [1.807, 2.05) is 0 Å². The number of amides is 2. The Balaban J connectivity index is 1.42. The summed E-state index contributed by atoms with van der Waals surface area (Å²) in [7, 11) is -2.10. The Morgan fingerprint density at radius 3 is 2.36 bits per heavy atom. The molecule has 0 aromatic heterocycles. The highest BCUT2D eigenvalue weighted by Crippen LogP contribution is 2.25. The molecule has 0 bridgehead atoms. The second kappa shape index (κ2) is 11.8. The first-order valence-electron chi connectivity index (χ1n) is 11.3. The maximum absolute atomic E-state index is 12.9. The second-order valence-corrected chi connectivity index (χ2v) is 10.3. The van der Waals surface area contributed by atoms with E-state index in [4.69, 9.17) is 9.47 Å². The molecule has 0 aliphatic carbocycles. The molecule has 33 heavy (non-hydrogen) atoms. The van der Waals surface area contributed by atoms with Crippen LogP contribution in [0.1, 0.15) is 19.8 Å². The van der Waals surface area contributed by atoms with Crippen molar-refractivity contribution in [2.45, 2.75) is 30.7 Å². The molecule has 2 heterocycles. The minimum absolute atomic E-state index is 0.202. The third-order valence-corrected chi connectivity index (χ3v) is 8.02. The highest BCUT2D eigenvalue weighted by molar-refractivity contribution is 7.89. The van der Waals surface area contributed by atoms with E-state index in [1.54, 1.807) is 19.1 Å². The van der Waals surface area contributed by atoms with Crippen molar-refractivity contribution in [2.75, 3.05) is 59.6 Å². The Hall–Kier alpha value is -2.21. The Labute approximate surface area is 195 Å². The van der Waals surface area contributed by atoms with E-state index in [9.17, 15) is 18.0 Å². The fraction of sp³-hybridized carbons (Fsp3) is 0.636. The van der Waals surface area contributed by atoms with E-state index >= 15 is 0 Å². The first kappa shape index (κ1) is 25.4. The van der Waals surface area contributed by atoms with Crippen LogP contribution in [0.5, 0.6) is 5.75 Å². The zero-order valence-corrected chi connectivity index (χ0v) is 20.1. The maximum atomic E-state index is 12.9. The van der Waals surface area contributed by atoms with Crippen LogP contribution in [-0.2, 0) is 24.3 Å². The molecule has 2 fully saturated rings. The zero-order chi connectivity index (χ0) is 23.8. The predicted molar refractivity (Wildman–Crippen MR) is 122 cm³/mol. The number of ether oxygens (including phenoxy) is 2. The molecular formula is C22H34N4O6S. The van der Waals surface area contributed by atoms with Gasteiger partial charge in [0.2, 0.25) is 21.8 Å². The summed E-state index contributed by atoms with van der Waals surface area (Å²) in [6.07, 6.45) is 0.819. The van der Waals surface area contributed by atoms with Crippen molar-refractivity contribution in [2.24, 2.45) is 5.92 Å². The quantitative estimate of drug-likeness (QED) is 0.511. The third-order valence-electron chi connectivity index (χ3n) is 6.10. The largest absolute Gasteiger partial charge is 0.497 e. The second-order valence-electron chi connectivity index (χ2n) is 8.33. The highest BCUT2D eigenvalue weighted by Gasteiger charge is 2.33. The van der Waals surface area contributed by atoms with E-state index in [1.165, 1.54) is 23.5 Å². The molecule has 2 aliphatic rings. The van der Waals surface area contributed by atoms with Gasteiger partial charge in [0.05, 0.1) is 25.2 Å². The average Bonchev–Trinajstić information content (AvgIpc) is 2.84. The average molecular weight is 483 g/mol. The Kier molecular flexibility index (Phi) is 9.07. The van der Waals surface area contributed by atoms with Crippen LogP contribution in [-0.4, -0.2) is 95.1 Å². The Bertz CT molecular complexity index is 894. The van der Waals surface area contributed by atoms with Gasteiger partial charge in [-0.05, 0) is 44.0 Å². The topological polar surface area (TPSA) is 117 Å². The molecule has 0 unspecified atom stereocenters. The first-order valence-corrected chi connectivity index (χ1v) is 12.8. The molecular weight excluding hydrogens is 448 g/mol. The van der Waals surface area contributed by atoms with Gasteiger partial charge in [-0.3, -0.25) is 14.5 Å². The fourth-order valence-electron chi connectivity index (χ4n) is 3.97. The van der Waals surface area contributed by atoms with E-state index in [0.717, 1.165) is 19.6 Å². The number of carbonyl (C=O) groups is 2. The first-order chi connectivity index (χ1) is 15.8. The van der Waals surface area contributed by atoms with Gasteiger partial charge in [0.15, 0.2) is 0 Å². The molecule has 2 saturated heterocycles. The molecule has 2 N–H and O–H groups in total. The number of methoxy groups -OCH3 is 1. The van der Waals surface area contributed by atoms with Gasteiger partial charge in [0.1, 0.15) is 11.8 Å². The van der Waals surface area contributed by atoms with Gasteiger partial charge in [-0.25, -0.2) is 8.42 Å². The van der Waals surface area contributed by atoms with Crippen molar-refractivity contribution in [3.8, 4) is 5.75 Å². The van der Waals surface area contributed by atoms with Crippen LogP contribution >= 0.6 is 0 Å². The number of nitrogens with zero attached hydrogens (tertiary/aromatic N) is 2. The molecule has 0 spiro atoms. The summed E-state index contributed by atoms with van der Waals surface area (Å²) in [5.41, 5.74) is 0. The van der Waals surface area contributed by atoms with E-state index in [2.05, 4.69) is 15.5 Å². The number of rotatable bonds is 9. The summed E-state index contributed by atoms with van der Waals surface area (Å²) in [6.45, 7) is 6.56. The van der Waals surface area contributed by atoms with Gasteiger partial charge in [-0.1, -0.05) is 0 Å². The highest BCUT2D eigenvalue weighted by atomic mass is 32.2. The number of carbonyl (C=O) groups excluding carboxylic acids is 2. The lowest BCUT2D eigenvalue weighted by Gasteiger charge is -2.31. The number of hydrogen-bond acceptors (Lipinski definition) is 7. The summed E-state index contributed by atoms with van der Waals surface area (Å²) in [5, 5.41) is 5.63. The smallest absolute Gasteiger partial charge is 0.243 e. The van der Waals surface area contributed by atoms with Crippen molar-refractivity contribution >= 4 is 21.8 Å². The van der Waals surface area contributed by atoms with Gasteiger partial charge >= 0.3 is 0 Å². The van der Waals surface area contributed by atoms with Crippen LogP contribution in [0.2, 0.25) is 0 Å². The van der Waals surface area contributed by atoms with Crippen LogP contribution in [0.25, 0.3) is 0 Å². The molecule has 2 aliphatic heterocycles. The standard InChI is InChI=1S/C22H34N4O6S/c1-17(21(27)23-9-12-25-13-15-32-16-14-25)24-22(28)18-7-10-26(11-8-18)33(29,30)20-5-3-19(31-2)4-6-20/h3-6,17-18H,7-16H2,1-2H3,(H,23,27)(H,24,28)/t17-/m1/s1. The minimum atomic E-state index is -3.62. The molecule has 1 aromatic carbocycles. The van der Waals surface area contributed by atoms with Crippen molar-refractivity contribution in [1.82, 2.24) is 19.8 Å². The monoisotopic (exact) mass is 482 g/mol. The molecule has 0 radical (unpaired) electrons. The molecule has 184 valence electrons. The molecule has 1 atom stereocenters. The van der Waals surface area contributed by atoms with Gasteiger partial charge in [-0.2, -0.15) is 4.31 Å². The van der Waals surface area contributed by atoms with Gasteiger partial charge in [0, 0.05) is 45.2 Å². The number of sulfonamides is 1. The van der Waals surface area contributed by atoms with Gasteiger partial charge in [0.25, 0.3) is 0 Å². The predicted octanol–water partition coefficient (Wildman–Crippen LogP) is 0.0490. The third kappa shape index (κ3) is 6.89. The van der Waals surface area contributed by atoms with Crippen molar-refractivity contribution in [3.05, 3.63) is 24.3 Å². The number of benzene rings is 1. The van der Waals surface area contributed by atoms with Crippen LogP contribution in [0.4, 0.5) is 0 Å². The van der Waals surface area contributed by atoms with Crippen molar-refractivity contribution in [3.63, 3.8) is 0 Å². The van der Waals surface area contributed by atoms with Crippen LogP contribution in [0.15, 0.2) is 29.2 Å². The lowest BCUT2D eigenvalue weighted by molar-refractivity contribution is -0.131. The lowest BCUT2D eigenvalue weighted by Crippen LogP contribution is -2.50. The maximum Gasteiger partial charge on any atom is 0.243 e. The molecule has 0 saturated carbocycles. The van der Waals surface area contributed by atoms with Gasteiger partial charge in [-0.15, -0.1) is 0 Å². The SMILES string of the molecule is COc1ccc(S(=O)(=O)N2CCC(C(=O)N[C@H](C)C(=O)NCCN3CCOCC3)CC2)cc1. The summed E-state index contributed by atoms with van der Waals surface area (Å²) in [6, 6.07) is 5.61. The normalized spacial score (nSPS) is 19.6. The summed E-state index contributed by atoms with van der Waals surface area (Å²) < 4.78 is 37.5. The van der Waals surface area contributed by atoms with Crippen LogP contribution in [0, 0.1) is 5.92 Å². The number of piperidine rings is 1. The van der Waals surface area contributed by atoms with E-state index in [0.29, 0.717) is 38.3 Å². The van der Waals surface area contributed by atoms with Crippen LogP contribution in [0.3, 0.4) is 0 Å². The summed E-state index contributed by atoms with van der Waals surface area (Å²) >= 11 is 0. The van der Waals surface area contributed by atoms with E-state index in [-0.39, 0.29) is 35.7 Å².